The zero-order chi connectivity index (χ0) is 18.2. The first kappa shape index (κ1) is 17.2. The maximum Gasteiger partial charge on any atom is 0.290 e. The molecule has 2 N–H and O–H groups in total. The highest BCUT2D eigenvalue weighted by molar-refractivity contribution is 8.18. The van der Waals surface area contributed by atoms with Gasteiger partial charge in [0.2, 0.25) is 0 Å². The Balaban J connectivity index is 1.90. The molecule has 1 aliphatic rings. The highest BCUT2D eigenvalue weighted by Gasteiger charge is 2.25. The Bertz CT molecular complexity index is 881. The molecule has 3 rings (SSSR count). The number of nitrogens with zero attached hydrogens (tertiary/aromatic N) is 1. The number of nitrogens with one attached hydrogen (secondary N) is 1. The molecule has 0 radical (unpaired) electrons. The Labute approximate surface area is 150 Å². The molecule has 6 heteroatoms. The minimum Gasteiger partial charge on any atom is -0.508 e. The zero-order valence-corrected chi connectivity index (χ0v) is 15.0. The smallest absolute Gasteiger partial charge is 0.290 e. The lowest BCUT2D eigenvalue weighted by molar-refractivity contribution is -0.115. The minimum absolute atomic E-state index is 0.177. The number of phenolic OH excluding ortho intramolecular Hbond substituents is 1. The summed E-state index contributed by atoms with van der Waals surface area (Å²) >= 11 is 0.881. The van der Waals surface area contributed by atoms with Crippen molar-refractivity contribution in [1.29, 1.82) is 0 Å². The number of carbonyl (C=O) groups is 2. The van der Waals surface area contributed by atoms with Crippen LogP contribution in [0, 0.1) is 0 Å². The quantitative estimate of drug-likeness (QED) is 0.795. The molecule has 1 aromatic heterocycles. The molecule has 1 aromatic carbocycles. The fourth-order valence-electron chi connectivity index (χ4n) is 2.53. The average molecular weight is 354 g/mol. The number of benzene rings is 1. The molecule has 0 atom stereocenters. The van der Waals surface area contributed by atoms with Gasteiger partial charge in [-0.2, -0.15) is 0 Å². The summed E-state index contributed by atoms with van der Waals surface area (Å²) in [5.74, 6) is -0.112. The number of aromatic hydroxyl groups is 1. The van der Waals surface area contributed by atoms with Crippen LogP contribution < -0.4 is 5.32 Å². The molecule has 0 bridgehead atoms. The van der Waals surface area contributed by atoms with E-state index in [4.69, 9.17) is 0 Å². The molecule has 1 saturated heterocycles. The van der Waals surface area contributed by atoms with Crippen LogP contribution in [-0.4, -0.2) is 21.2 Å². The summed E-state index contributed by atoms with van der Waals surface area (Å²) in [7, 11) is 0. The third kappa shape index (κ3) is 3.74. The van der Waals surface area contributed by atoms with E-state index in [0.29, 0.717) is 4.91 Å². The summed E-state index contributed by atoms with van der Waals surface area (Å²) in [5.41, 5.74) is 3.10. The Hall–Kier alpha value is -2.60. The first-order valence-corrected chi connectivity index (χ1v) is 8.60. The number of carbonyl (C=O) groups excluding carboxylic acids is 2. The van der Waals surface area contributed by atoms with Crippen LogP contribution in [0.15, 0.2) is 41.4 Å². The van der Waals surface area contributed by atoms with Crippen molar-refractivity contribution in [2.24, 2.45) is 0 Å². The van der Waals surface area contributed by atoms with Crippen molar-refractivity contribution in [3.8, 4) is 17.0 Å². The van der Waals surface area contributed by atoms with Crippen LogP contribution in [0.5, 0.6) is 5.75 Å². The van der Waals surface area contributed by atoms with Gasteiger partial charge in [0, 0.05) is 11.8 Å². The van der Waals surface area contributed by atoms with E-state index in [1.807, 2.05) is 45.0 Å². The topological polar surface area (TPSA) is 79.3 Å². The van der Waals surface area contributed by atoms with E-state index in [9.17, 15) is 14.7 Å². The van der Waals surface area contributed by atoms with Crippen LogP contribution in [0.4, 0.5) is 4.79 Å². The summed E-state index contributed by atoms with van der Waals surface area (Å²) in [6, 6.07) is 9.14. The molecule has 25 heavy (non-hydrogen) atoms. The molecule has 2 amide bonds. The van der Waals surface area contributed by atoms with Crippen LogP contribution in [-0.2, 0) is 10.2 Å². The first-order valence-electron chi connectivity index (χ1n) is 7.79. The van der Waals surface area contributed by atoms with Gasteiger partial charge >= 0.3 is 0 Å². The summed E-state index contributed by atoms with van der Waals surface area (Å²) < 4.78 is 0. The molecular formula is C19H18N2O3S. The highest BCUT2D eigenvalue weighted by atomic mass is 32.2. The van der Waals surface area contributed by atoms with Crippen molar-refractivity contribution < 1.29 is 14.7 Å². The lowest BCUT2D eigenvalue weighted by Crippen LogP contribution is -2.17. The average Bonchev–Trinajstić information content (AvgIpc) is 2.85. The van der Waals surface area contributed by atoms with Gasteiger partial charge in [0.1, 0.15) is 5.75 Å². The predicted octanol–water partition coefficient (Wildman–Crippen LogP) is 4.08. The van der Waals surface area contributed by atoms with E-state index in [1.165, 1.54) is 0 Å². The fraction of sp³-hybridized carbons (Fsp3) is 0.211. The number of phenols is 1. The number of hydrogen-bond acceptors (Lipinski definition) is 5. The lowest BCUT2D eigenvalue weighted by Gasteiger charge is -2.21. The Kier molecular flexibility index (Phi) is 4.39. The molecule has 0 aliphatic carbocycles. The predicted molar refractivity (Wildman–Crippen MR) is 99.1 cm³/mol. The first-order chi connectivity index (χ1) is 11.7. The number of thioether (sulfide) groups is 1. The van der Waals surface area contributed by atoms with Crippen LogP contribution in [0.2, 0.25) is 0 Å². The van der Waals surface area contributed by atoms with Crippen molar-refractivity contribution in [1.82, 2.24) is 10.3 Å². The van der Waals surface area contributed by atoms with Gasteiger partial charge in [-0.15, -0.1) is 0 Å². The van der Waals surface area contributed by atoms with Crippen molar-refractivity contribution >= 4 is 29.0 Å². The Morgan fingerprint density at radius 1 is 1.16 bits per heavy atom. The number of aromatic nitrogens is 1. The minimum atomic E-state index is -0.382. The summed E-state index contributed by atoms with van der Waals surface area (Å²) in [4.78, 5) is 27.6. The summed E-state index contributed by atoms with van der Waals surface area (Å²) in [6.45, 7) is 6.13. The Morgan fingerprint density at radius 2 is 1.92 bits per heavy atom. The van der Waals surface area contributed by atoms with E-state index < -0.39 is 0 Å². The number of pyridine rings is 1. The van der Waals surface area contributed by atoms with Gasteiger partial charge in [0.05, 0.1) is 10.6 Å². The van der Waals surface area contributed by atoms with Gasteiger partial charge < -0.3 is 5.11 Å². The van der Waals surface area contributed by atoms with Gasteiger partial charge in [0.25, 0.3) is 11.1 Å². The van der Waals surface area contributed by atoms with Gasteiger partial charge in [-0.05, 0) is 58.6 Å². The second kappa shape index (κ2) is 6.37. The number of amides is 2. The third-order valence-electron chi connectivity index (χ3n) is 3.83. The van der Waals surface area contributed by atoms with Crippen molar-refractivity contribution in [2.75, 3.05) is 0 Å². The van der Waals surface area contributed by atoms with E-state index in [-0.39, 0.29) is 22.3 Å². The second-order valence-electron chi connectivity index (χ2n) is 6.81. The molecule has 0 unspecified atom stereocenters. The maximum atomic E-state index is 11.6. The molecule has 1 aliphatic heterocycles. The highest BCUT2D eigenvalue weighted by Crippen LogP contribution is 2.34. The molecule has 0 saturated carbocycles. The lowest BCUT2D eigenvalue weighted by atomic mass is 9.85. The van der Waals surface area contributed by atoms with E-state index in [2.05, 4.69) is 10.3 Å². The van der Waals surface area contributed by atoms with Crippen LogP contribution in [0.3, 0.4) is 0 Å². The zero-order valence-electron chi connectivity index (χ0n) is 14.2. The standard InChI is InChI=1S/C19H18N2O3S/c1-19(2,3)13-9-12(5-7-15(13)22)14-6-4-11(10-20-14)8-16-17(23)21-18(24)25-16/h4-10,22H,1-3H3,(H,21,23,24). The number of imide groups is 1. The summed E-state index contributed by atoms with van der Waals surface area (Å²) in [5, 5.41) is 11.9. The molecule has 128 valence electrons. The largest absolute Gasteiger partial charge is 0.508 e. The molecule has 0 spiro atoms. The second-order valence-corrected chi connectivity index (χ2v) is 7.83. The van der Waals surface area contributed by atoms with E-state index >= 15 is 0 Å². The normalized spacial score (nSPS) is 16.4. The van der Waals surface area contributed by atoms with Gasteiger partial charge in [-0.1, -0.05) is 26.8 Å². The fourth-order valence-corrected chi connectivity index (χ4v) is 3.21. The van der Waals surface area contributed by atoms with Crippen LogP contribution in [0.1, 0.15) is 31.9 Å². The molecule has 2 heterocycles. The number of rotatable bonds is 2. The van der Waals surface area contributed by atoms with Crippen molar-refractivity contribution in [3.05, 3.63) is 52.6 Å². The molecule has 1 fully saturated rings. The molecular weight excluding hydrogens is 336 g/mol. The SMILES string of the molecule is CC(C)(C)c1cc(-c2ccc(C=C3SC(=O)NC3=O)cn2)ccc1O. The molecule has 5 nitrogen and oxygen atoms in total. The Morgan fingerprint density at radius 3 is 2.48 bits per heavy atom. The molecule has 2 aromatic rings. The van der Waals surface area contributed by atoms with Gasteiger partial charge in [-0.25, -0.2) is 0 Å². The third-order valence-corrected chi connectivity index (χ3v) is 4.64. The monoisotopic (exact) mass is 354 g/mol. The summed E-state index contributed by atoms with van der Waals surface area (Å²) in [6.07, 6.45) is 3.29. The number of hydrogen-bond donors (Lipinski definition) is 2. The van der Waals surface area contributed by atoms with Gasteiger partial charge in [-0.3, -0.25) is 19.9 Å². The van der Waals surface area contributed by atoms with Crippen LogP contribution >= 0.6 is 11.8 Å². The van der Waals surface area contributed by atoms with E-state index in [0.717, 1.165) is 34.1 Å². The van der Waals surface area contributed by atoms with Crippen molar-refractivity contribution in [3.63, 3.8) is 0 Å². The van der Waals surface area contributed by atoms with E-state index in [1.54, 1.807) is 18.3 Å². The maximum absolute atomic E-state index is 11.6. The van der Waals surface area contributed by atoms with Crippen molar-refractivity contribution in [2.45, 2.75) is 26.2 Å². The van der Waals surface area contributed by atoms with Gasteiger partial charge in [0.15, 0.2) is 0 Å². The van der Waals surface area contributed by atoms with Crippen LogP contribution in [0.25, 0.3) is 17.3 Å².